The molecule has 2 aromatic carbocycles. The first-order chi connectivity index (χ1) is 6.75. The smallest absolute Gasteiger partial charge is 0 e. The summed E-state index contributed by atoms with van der Waals surface area (Å²) in [6.45, 7) is 4.17. The molecule has 0 unspecified atom stereocenters. The molecule has 0 N–H and O–H groups in total. The van der Waals surface area contributed by atoms with Gasteiger partial charge in [0.15, 0.2) is 0 Å². The fourth-order valence-electron chi connectivity index (χ4n) is 1.60. The molecule has 0 atom stereocenters. The van der Waals surface area contributed by atoms with Crippen molar-refractivity contribution in [3.8, 4) is 11.1 Å². The second kappa shape index (κ2) is 20.4. The summed E-state index contributed by atoms with van der Waals surface area (Å²) < 4.78 is 0. The van der Waals surface area contributed by atoms with E-state index in [4.69, 9.17) is 0 Å². The molecular formula is C14H12Y6-2. The standard InChI is InChI=1S/C14H12.6Y/c1-11-8-12(2)10-14(9-11)13-6-4-3-5-7-13;;;;;;/h3-6,8-9H,1-2H3;;;;;;/q-2;;;;;;. The molecule has 0 fully saturated rings. The Kier molecular flexibility index (Phi) is 36.7. The number of aryl methyl sites for hydroxylation is 2. The molecule has 0 heterocycles. The Hall–Kier alpha value is 5.06. The Morgan fingerprint density at radius 3 is 1.80 bits per heavy atom. The topological polar surface area (TPSA) is 0 Å². The first-order valence-electron chi connectivity index (χ1n) is 4.73. The van der Waals surface area contributed by atoms with Crippen LogP contribution < -0.4 is 0 Å². The summed E-state index contributed by atoms with van der Waals surface area (Å²) in [6, 6.07) is 18.8. The third-order valence-electron chi connectivity index (χ3n) is 2.15. The zero-order valence-electron chi connectivity index (χ0n) is 11.9. The van der Waals surface area contributed by atoms with Gasteiger partial charge < -0.3 is 0 Å². The minimum atomic E-state index is 0. The van der Waals surface area contributed by atoms with Crippen molar-refractivity contribution in [3.05, 3.63) is 59.7 Å². The number of hydrogen-bond acceptors (Lipinski definition) is 0. The third kappa shape index (κ3) is 13.3. The number of benzene rings is 2. The summed E-state index contributed by atoms with van der Waals surface area (Å²) in [5.41, 5.74) is 4.69. The van der Waals surface area contributed by atoms with Crippen LogP contribution >= 0.6 is 0 Å². The van der Waals surface area contributed by atoms with Crippen molar-refractivity contribution in [2.24, 2.45) is 0 Å². The van der Waals surface area contributed by atoms with E-state index >= 15 is 0 Å². The van der Waals surface area contributed by atoms with Crippen LogP contribution in [0.15, 0.2) is 36.4 Å². The van der Waals surface area contributed by atoms with E-state index in [9.17, 15) is 0 Å². The second-order valence-electron chi connectivity index (χ2n) is 3.53. The normalized spacial score (nSPS) is 7.10. The van der Waals surface area contributed by atoms with Crippen molar-refractivity contribution >= 4 is 0 Å². The average Bonchev–Trinajstić information content (AvgIpc) is 2.18. The second-order valence-corrected chi connectivity index (χ2v) is 3.53. The average molecular weight is 714 g/mol. The number of rotatable bonds is 1. The minimum absolute atomic E-state index is 0. The van der Waals surface area contributed by atoms with Crippen molar-refractivity contribution in [1.82, 2.24) is 0 Å². The van der Waals surface area contributed by atoms with Gasteiger partial charge in [0.25, 0.3) is 0 Å². The monoisotopic (exact) mass is 714 g/mol. The fourth-order valence-corrected chi connectivity index (χ4v) is 1.60. The van der Waals surface area contributed by atoms with Gasteiger partial charge in [-0.3, -0.25) is 0 Å². The molecule has 0 aromatic heterocycles. The summed E-state index contributed by atoms with van der Waals surface area (Å²) in [5.74, 6) is 0. The van der Waals surface area contributed by atoms with Crippen LogP contribution in [0.3, 0.4) is 0 Å². The molecule has 20 heavy (non-hydrogen) atoms. The van der Waals surface area contributed by atoms with Gasteiger partial charge in [-0.25, -0.2) is 11.1 Å². The minimum Gasteiger partial charge on any atom is -0.226 e. The molecule has 88 valence electrons. The Labute approximate surface area is 274 Å². The quantitative estimate of drug-likeness (QED) is 0.397. The summed E-state index contributed by atoms with van der Waals surface area (Å²) in [6.07, 6.45) is 0. The molecule has 0 spiro atoms. The first-order valence-corrected chi connectivity index (χ1v) is 4.73. The van der Waals surface area contributed by atoms with Gasteiger partial charge in [-0.2, -0.15) is 36.4 Å². The Bertz CT molecular complexity index is 424. The molecule has 6 heteroatoms. The molecule has 0 saturated heterocycles. The van der Waals surface area contributed by atoms with Gasteiger partial charge in [-0.15, -0.1) is 23.3 Å². The first kappa shape index (κ1) is 36.1. The van der Waals surface area contributed by atoms with Crippen molar-refractivity contribution in [1.29, 1.82) is 0 Å². The van der Waals surface area contributed by atoms with Gasteiger partial charge in [-0.05, 0) is 0 Å². The maximum Gasteiger partial charge on any atom is 0 e. The zero-order valence-corrected chi connectivity index (χ0v) is 29.0. The Balaban J connectivity index is -0.000000125. The maximum absolute atomic E-state index is 3.33. The van der Waals surface area contributed by atoms with Crippen LogP contribution in [0.2, 0.25) is 0 Å². The van der Waals surface area contributed by atoms with Crippen molar-refractivity contribution in [2.45, 2.75) is 13.8 Å². The molecule has 2 aromatic rings. The van der Waals surface area contributed by atoms with E-state index in [2.05, 4.69) is 44.2 Å². The largest absolute Gasteiger partial charge is 0.226 e. The van der Waals surface area contributed by atoms with Gasteiger partial charge in [0.2, 0.25) is 0 Å². The van der Waals surface area contributed by atoms with E-state index in [0.717, 1.165) is 11.1 Å². The summed E-state index contributed by atoms with van der Waals surface area (Å²) in [5, 5.41) is 0. The Morgan fingerprint density at radius 1 is 0.750 bits per heavy atom. The molecule has 0 bridgehead atoms. The van der Waals surface area contributed by atoms with E-state index in [0.29, 0.717) is 0 Å². The molecule has 0 aliphatic heterocycles. The van der Waals surface area contributed by atoms with E-state index in [1.807, 2.05) is 18.2 Å². The van der Waals surface area contributed by atoms with Crippen molar-refractivity contribution in [3.63, 3.8) is 0 Å². The van der Waals surface area contributed by atoms with E-state index in [1.165, 1.54) is 11.1 Å². The fraction of sp³-hybridized carbons (Fsp3) is 0.143. The molecule has 0 saturated carbocycles. The van der Waals surface area contributed by atoms with Crippen LogP contribution in [0.25, 0.3) is 11.1 Å². The molecule has 6 radical (unpaired) electrons. The molecule has 0 aliphatic carbocycles. The summed E-state index contributed by atoms with van der Waals surface area (Å²) in [7, 11) is 0. The molecule has 0 nitrogen and oxygen atoms in total. The predicted octanol–water partition coefficient (Wildman–Crippen LogP) is 3.56. The number of hydrogen-bond donors (Lipinski definition) is 0. The zero-order chi connectivity index (χ0) is 9.97. The van der Waals surface area contributed by atoms with Crippen LogP contribution in [-0.2, 0) is 196 Å². The van der Waals surface area contributed by atoms with Crippen LogP contribution in [0.1, 0.15) is 11.1 Å². The molecule has 0 amide bonds. The van der Waals surface area contributed by atoms with Crippen molar-refractivity contribution in [2.75, 3.05) is 0 Å². The van der Waals surface area contributed by atoms with Crippen molar-refractivity contribution < 1.29 is 196 Å². The maximum atomic E-state index is 3.33. The van der Waals surface area contributed by atoms with Crippen LogP contribution in [0.5, 0.6) is 0 Å². The van der Waals surface area contributed by atoms with E-state index in [-0.39, 0.29) is 196 Å². The molecular weight excluding hydrogens is 702 g/mol. The summed E-state index contributed by atoms with van der Waals surface area (Å²) in [4.78, 5) is 0. The van der Waals surface area contributed by atoms with Gasteiger partial charge in [0.05, 0.1) is 0 Å². The molecule has 2 rings (SSSR count). The van der Waals surface area contributed by atoms with Gasteiger partial charge in [0, 0.05) is 196 Å². The Morgan fingerprint density at radius 2 is 1.35 bits per heavy atom. The van der Waals surface area contributed by atoms with Gasteiger partial charge in [-0.1, -0.05) is 13.8 Å². The van der Waals surface area contributed by atoms with E-state index < -0.39 is 0 Å². The van der Waals surface area contributed by atoms with Crippen LogP contribution in [0, 0.1) is 26.0 Å². The van der Waals surface area contributed by atoms with Gasteiger partial charge >= 0.3 is 0 Å². The van der Waals surface area contributed by atoms with Gasteiger partial charge in [0.1, 0.15) is 0 Å². The SMILES string of the molecule is Cc1[c-]c(-c2[c-]cccc2)cc(C)c1.[Y].[Y].[Y].[Y].[Y].[Y]. The van der Waals surface area contributed by atoms with E-state index in [1.54, 1.807) is 0 Å². The van der Waals surface area contributed by atoms with Crippen LogP contribution in [0.4, 0.5) is 0 Å². The van der Waals surface area contributed by atoms with Crippen LogP contribution in [-0.4, -0.2) is 0 Å². The predicted molar refractivity (Wildman–Crippen MR) is 59.0 cm³/mol. The third-order valence-corrected chi connectivity index (χ3v) is 2.15. The molecule has 0 aliphatic rings. The summed E-state index contributed by atoms with van der Waals surface area (Å²) >= 11 is 0.